The van der Waals surface area contributed by atoms with Crippen LogP contribution in [0.15, 0.2) is 46.3 Å². The zero-order valence-electron chi connectivity index (χ0n) is 15.7. The van der Waals surface area contributed by atoms with E-state index in [1.54, 1.807) is 22.3 Å². The summed E-state index contributed by atoms with van der Waals surface area (Å²) < 4.78 is 1.98. The van der Waals surface area contributed by atoms with Gasteiger partial charge in [-0.1, -0.05) is 30.3 Å². The number of H-pyrrole nitrogens is 1. The lowest BCUT2D eigenvalue weighted by molar-refractivity contribution is -0.135. The van der Waals surface area contributed by atoms with Crippen molar-refractivity contribution in [3.05, 3.63) is 57.5 Å². The highest BCUT2D eigenvalue weighted by molar-refractivity contribution is 9.11. The third-order valence-electron chi connectivity index (χ3n) is 5.18. The summed E-state index contributed by atoms with van der Waals surface area (Å²) in [6.45, 7) is 1.01. The van der Waals surface area contributed by atoms with E-state index >= 15 is 0 Å². The fourth-order valence-corrected chi connectivity index (χ4v) is 5.14. The van der Waals surface area contributed by atoms with Crippen molar-refractivity contribution in [2.45, 2.75) is 31.4 Å². The van der Waals surface area contributed by atoms with E-state index in [0.717, 1.165) is 19.6 Å². The number of nitrogens with one attached hydrogen (secondary N) is 2. The first kappa shape index (κ1) is 20.1. The Morgan fingerprint density at radius 1 is 1.24 bits per heavy atom. The summed E-state index contributed by atoms with van der Waals surface area (Å²) in [5.74, 6) is -0.402. The van der Waals surface area contributed by atoms with Crippen molar-refractivity contribution in [3.8, 4) is 0 Å². The molecule has 1 fully saturated rings. The molecule has 0 saturated carbocycles. The van der Waals surface area contributed by atoms with E-state index in [-0.39, 0.29) is 17.9 Å². The molecule has 1 unspecified atom stereocenters. The van der Waals surface area contributed by atoms with Crippen LogP contribution in [0, 0.1) is 0 Å². The van der Waals surface area contributed by atoms with Crippen LogP contribution >= 0.6 is 27.3 Å². The molecule has 1 atom stereocenters. The van der Waals surface area contributed by atoms with Gasteiger partial charge < -0.3 is 20.3 Å². The normalized spacial score (nSPS) is 16.1. The van der Waals surface area contributed by atoms with Gasteiger partial charge in [-0.15, -0.1) is 11.3 Å². The first-order valence-corrected chi connectivity index (χ1v) is 11.2. The number of carbonyl (C=O) groups excluding carboxylic acids is 2. The number of aliphatic hydroxyl groups excluding tert-OH is 1. The maximum atomic E-state index is 13.2. The topological polar surface area (TPSA) is 85.4 Å². The largest absolute Gasteiger partial charge is 0.393 e. The summed E-state index contributed by atoms with van der Waals surface area (Å²) in [6, 6.07) is 12.8. The Morgan fingerprint density at radius 3 is 2.66 bits per heavy atom. The Labute approximate surface area is 181 Å². The van der Waals surface area contributed by atoms with Gasteiger partial charge in [-0.25, -0.2) is 0 Å². The fourth-order valence-electron chi connectivity index (χ4n) is 3.61. The molecule has 2 aromatic heterocycles. The number of amides is 2. The van der Waals surface area contributed by atoms with Crippen LogP contribution in [0.25, 0.3) is 10.2 Å². The molecule has 1 aliphatic rings. The molecule has 6 nitrogen and oxygen atoms in total. The molecule has 1 aliphatic heterocycles. The summed E-state index contributed by atoms with van der Waals surface area (Å²) in [7, 11) is 0. The van der Waals surface area contributed by atoms with Crippen LogP contribution in [0.4, 0.5) is 0 Å². The lowest BCUT2D eigenvalue weighted by Crippen LogP contribution is -2.52. The molecule has 4 rings (SSSR count). The molecule has 0 bridgehead atoms. The van der Waals surface area contributed by atoms with E-state index in [0.29, 0.717) is 38.0 Å². The van der Waals surface area contributed by atoms with E-state index in [9.17, 15) is 14.7 Å². The Morgan fingerprint density at radius 2 is 1.97 bits per heavy atom. The van der Waals surface area contributed by atoms with Crippen molar-refractivity contribution < 1.29 is 14.7 Å². The molecule has 0 radical (unpaired) electrons. The summed E-state index contributed by atoms with van der Waals surface area (Å²) in [5.41, 5.74) is 2.32. The maximum absolute atomic E-state index is 13.2. The highest BCUT2D eigenvalue weighted by Crippen LogP contribution is 2.30. The Hall–Kier alpha value is -2.16. The summed E-state index contributed by atoms with van der Waals surface area (Å²) in [4.78, 5) is 30.9. The van der Waals surface area contributed by atoms with Crippen molar-refractivity contribution in [2.24, 2.45) is 0 Å². The van der Waals surface area contributed by atoms with Gasteiger partial charge in [0.05, 0.1) is 20.1 Å². The molecule has 8 heteroatoms. The van der Waals surface area contributed by atoms with Gasteiger partial charge in [0.2, 0.25) is 5.91 Å². The van der Waals surface area contributed by atoms with E-state index in [1.165, 1.54) is 0 Å². The monoisotopic (exact) mass is 475 g/mol. The number of piperidine rings is 1. The Balaban J connectivity index is 1.52. The number of aromatic amines is 1. The quantitative estimate of drug-likeness (QED) is 0.528. The first-order chi connectivity index (χ1) is 14.0. The molecule has 152 valence electrons. The highest BCUT2D eigenvalue weighted by Gasteiger charge is 2.29. The minimum atomic E-state index is -0.659. The van der Waals surface area contributed by atoms with E-state index in [4.69, 9.17) is 0 Å². The molecule has 29 heavy (non-hydrogen) atoms. The molecule has 3 N–H and O–H groups in total. The number of aromatic nitrogens is 1. The molecular weight excluding hydrogens is 454 g/mol. The Bertz CT molecular complexity index is 977. The van der Waals surface area contributed by atoms with Gasteiger partial charge in [-0.3, -0.25) is 9.59 Å². The molecular formula is C21H22BrN3O3S. The van der Waals surface area contributed by atoms with Crippen molar-refractivity contribution in [1.82, 2.24) is 15.2 Å². The van der Waals surface area contributed by atoms with Gasteiger partial charge in [0, 0.05) is 19.5 Å². The first-order valence-electron chi connectivity index (χ1n) is 9.59. The molecule has 1 saturated heterocycles. The SMILES string of the molecule is O=C(NC(Cc1ccccc1)C(=O)N1CCC(O)CC1)c1cc2sc(Br)cc2[nH]1. The van der Waals surface area contributed by atoms with Gasteiger partial charge in [0.25, 0.3) is 5.91 Å². The smallest absolute Gasteiger partial charge is 0.268 e. The molecule has 0 spiro atoms. The van der Waals surface area contributed by atoms with Crippen LogP contribution in [0.1, 0.15) is 28.9 Å². The van der Waals surface area contributed by atoms with Crippen LogP contribution in [0.5, 0.6) is 0 Å². The Kier molecular flexibility index (Phi) is 6.03. The molecule has 3 heterocycles. The highest BCUT2D eigenvalue weighted by atomic mass is 79.9. The van der Waals surface area contributed by atoms with E-state index in [2.05, 4.69) is 26.2 Å². The number of benzene rings is 1. The predicted octanol–water partition coefficient (Wildman–Crippen LogP) is 3.32. The lowest BCUT2D eigenvalue weighted by atomic mass is 10.0. The summed E-state index contributed by atoms with van der Waals surface area (Å²) in [5, 5.41) is 12.7. The molecule has 0 aliphatic carbocycles. The maximum Gasteiger partial charge on any atom is 0.268 e. The lowest BCUT2D eigenvalue weighted by Gasteiger charge is -2.32. The second-order valence-corrected chi connectivity index (χ2v) is 9.75. The van der Waals surface area contributed by atoms with Crippen LogP contribution in [0.2, 0.25) is 0 Å². The van der Waals surface area contributed by atoms with Crippen LogP contribution in [0.3, 0.4) is 0 Å². The third-order valence-corrected chi connectivity index (χ3v) is 6.77. The van der Waals surface area contributed by atoms with E-state index < -0.39 is 6.04 Å². The standard InChI is InChI=1S/C21H22BrN3O3S/c22-19-12-15-18(29-19)11-16(23-15)20(27)24-17(10-13-4-2-1-3-5-13)21(28)25-8-6-14(26)7-9-25/h1-5,11-12,14,17,23,26H,6-10H2,(H,24,27). The van der Waals surface area contributed by atoms with Gasteiger partial charge >= 0.3 is 0 Å². The minimum Gasteiger partial charge on any atom is -0.393 e. The number of aliphatic hydroxyl groups is 1. The number of hydrogen-bond acceptors (Lipinski definition) is 4. The molecule has 1 aromatic carbocycles. The van der Waals surface area contributed by atoms with Crippen LogP contribution in [-0.4, -0.2) is 52.0 Å². The number of rotatable bonds is 5. The molecule has 2 amide bonds. The number of likely N-dealkylation sites (tertiary alicyclic amines) is 1. The number of nitrogens with zero attached hydrogens (tertiary/aromatic N) is 1. The zero-order chi connectivity index (χ0) is 20.4. The fraction of sp³-hybridized carbons (Fsp3) is 0.333. The minimum absolute atomic E-state index is 0.106. The average molecular weight is 476 g/mol. The van der Waals surface area contributed by atoms with Crippen molar-refractivity contribution >= 4 is 49.3 Å². The number of carbonyl (C=O) groups is 2. The summed E-state index contributed by atoms with van der Waals surface area (Å²) >= 11 is 4.99. The van der Waals surface area contributed by atoms with Gasteiger partial charge in [0.15, 0.2) is 0 Å². The van der Waals surface area contributed by atoms with Gasteiger partial charge in [0.1, 0.15) is 11.7 Å². The van der Waals surface area contributed by atoms with Crippen molar-refractivity contribution in [1.29, 1.82) is 0 Å². The third kappa shape index (κ3) is 4.71. The van der Waals surface area contributed by atoms with Crippen LogP contribution in [-0.2, 0) is 11.2 Å². The number of fused-ring (bicyclic) bond motifs is 1. The number of halogens is 1. The second-order valence-electron chi connectivity index (χ2n) is 7.28. The zero-order valence-corrected chi connectivity index (χ0v) is 18.1. The number of thiophene rings is 1. The number of hydrogen-bond donors (Lipinski definition) is 3. The predicted molar refractivity (Wildman–Crippen MR) is 117 cm³/mol. The van der Waals surface area contributed by atoms with E-state index in [1.807, 2.05) is 36.4 Å². The second kappa shape index (κ2) is 8.69. The van der Waals surface area contributed by atoms with Crippen molar-refractivity contribution in [2.75, 3.05) is 13.1 Å². The van der Waals surface area contributed by atoms with Crippen molar-refractivity contribution in [3.63, 3.8) is 0 Å². The summed E-state index contributed by atoms with van der Waals surface area (Å²) in [6.07, 6.45) is 1.21. The van der Waals surface area contributed by atoms with Gasteiger partial charge in [-0.05, 0) is 46.5 Å². The average Bonchev–Trinajstić information content (AvgIpc) is 3.26. The van der Waals surface area contributed by atoms with Crippen LogP contribution < -0.4 is 5.32 Å². The molecule has 3 aromatic rings. The van der Waals surface area contributed by atoms with Gasteiger partial charge in [-0.2, -0.15) is 0 Å².